The van der Waals surface area contributed by atoms with Crippen LogP contribution in [-0.2, 0) is 9.53 Å². The lowest BCUT2D eigenvalue weighted by atomic mass is 9.44. The lowest BCUT2D eigenvalue weighted by molar-refractivity contribution is -0.141. The molecule has 2 N–H and O–H groups in total. The number of hydrogen-bond donors (Lipinski definition) is 2. The van der Waals surface area contributed by atoms with Gasteiger partial charge in [-0.3, -0.25) is 14.6 Å². The van der Waals surface area contributed by atoms with Gasteiger partial charge in [0.25, 0.3) is 11.8 Å². The fraction of sp³-hybridized carbons (Fsp3) is 0.364. The predicted octanol–water partition coefficient (Wildman–Crippen LogP) is 2.65. The van der Waals surface area contributed by atoms with Gasteiger partial charge in [-0.05, 0) is 50.5 Å². The maximum Gasteiger partial charge on any atom is 0.338 e. The molecule has 0 radical (unpaired) electrons. The summed E-state index contributed by atoms with van der Waals surface area (Å²) in [6.45, 7) is 1.68. The number of halogens is 2. The highest BCUT2D eigenvalue weighted by Gasteiger charge is 2.69. The zero-order valence-electron chi connectivity index (χ0n) is 17.2. The van der Waals surface area contributed by atoms with E-state index in [1.54, 1.807) is 6.92 Å². The Kier molecular flexibility index (Phi) is 5.77. The highest BCUT2D eigenvalue weighted by Crippen LogP contribution is 2.60. The lowest BCUT2D eigenvalue weighted by Crippen LogP contribution is -2.84. The molecule has 168 valence electrons. The summed E-state index contributed by atoms with van der Waals surface area (Å²) >= 11 is 5.62. The molecule has 2 aromatic rings. The molecular weight excluding hydrogens is 441 g/mol. The molecule has 1 aromatic carbocycles. The zero-order valence-corrected chi connectivity index (χ0v) is 18.0. The van der Waals surface area contributed by atoms with Crippen molar-refractivity contribution in [2.75, 3.05) is 13.2 Å². The quantitative estimate of drug-likeness (QED) is 0.585. The molecule has 2 amide bonds. The fourth-order valence-corrected chi connectivity index (χ4v) is 4.42. The molecule has 0 saturated heterocycles. The average molecular weight is 462 g/mol. The van der Waals surface area contributed by atoms with E-state index in [9.17, 15) is 18.8 Å². The van der Waals surface area contributed by atoms with Crippen molar-refractivity contribution in [1.29, 1.82) is 0 Å². The van der Waals surface area contributed by atoms with Crippen molar-refractivity contribution in [3.63, 3.8) is 0 Å². The van der Waals surface area contributed by atoms with Gasteiger partial charge in [0.05, 0.1) is 17.2 Å². The molecule has 0 unspecified atom stereocenters. The van der Waals surface area contributed by atoms with Crippen LogP contribution in [0.5, 0.6) is 5.75 Å². The van der Waals surface area contributed by atoms with Crippen LogP contribution in [0.2, 0.25) is 5.02 Å². The smallest absolute Gasteiger partial charge is 0.338 e. The van der Waals surface area contributed by atoms with Gasteiger partial charge in [-0.25, -0.2) is 9.18 Å². The Hall–Kier alpha value is -3.20. The Morgan fingerprint density at radius 3 is 2.53 bits per heavy atom. The summed E-state index contributed by atoms with van der Waals surface area (Å²) in [5.74, 6) is -1.64. The van der Waals surface area contributed by atoms with Gasteiger partial charge in [0.15, 0.2) is 6.61 Å². The number of aromatic nitrogens is 1. The van der Waals surface area contributed by atoms with Crippen LogP contribution in [0.15, 0.2) is 36.5 Å². The van der Waals surface area contributed by atoms with Gasteiger partial charge in [-0.15, -0.1) is 0 Å². The number of benzene rings is 1. The van der Waals surface area contributed by atoms with Crippen molar-refractivity contribution in [2.45, 2.75) is 37.3 Å². The minimum Gasteiger partial charge on any atom is -0.484 e. The summed E-state index contributed by atoms with van der Waals surface area (Å²) < 4.78 is 23.7. The van der Waals surface area contributed by atoms with Gasteiger partial charge in [-0.1, -0.05) is 11.6 Å². The molecule has 32 heavy (non-hydrogen) atoms. The normalized spacial score (nSPS) is 22.7. The van der Waals surface area contributed by atoms with E-state index in [4.69, 9.17) is 21.1 Å². The molecular formula is C22H21ClFN3O5. The van der Waals surface area contributed by atoms with E-state index in [2.05, 4.69) is 15.6 Å². The fourth-order valence-electron chi connectivity index (χ4n) is 4.30. The van der Waals surface area contributed by atoms with Crippen LogP contribution in [0.25, 0.3) is 0 Å². The highest BCUT2D eigenvalue weighted by atomic mass is 35.5. The first-order valence-corrected chi connectivity index (χ1v) is 10.5. The molecule has 3 aliphatic rings. The summed E-state index contributed by atoms with van der Waals surface area (Å²) in [7, 11) is 0. The average Bonchev–Trinajstić information content (AvgIpc) is 2.72. The number of esters is 1. The first-order chi connectivity index (χ1) is 15.2. The molecule has 1 aromatic heterocycles. The number of rotatable bonds is 8. The Labute approximate surface area is 188 Å². The number of hydrogen-bond acceptors (Lipinski definition) is 6. The largest absolute Gasteiger partial charge is 0.484 e. The van der Waals surface area contributed by atoms with Gasteiger partial charge in [-0.2, -0.15) is 0 Å². The number of carbonyl (C=O) groups excluding carboxylic acids is 3. The van der Waals surface area contributed by atoms with Crippen LogP contribution in [0.1, 0.15) is 47.0 Å². The van der Waals surface area contributed by atoms with Crippen molar-refractivity contribution in [3.05, 3.63) is 58.6 Å². The van der Waals surface area contributed by atoms with E-state index in [0.29, 0.717) is 19.3 Å². The Bertz CT molecular complexity index is 1070. The first kappa shape index (κ1) is 22.0. The van der Waals surface area contributed by atoms with E-state index in [-0.39, 0.29) is 52.6 Å². The number of amides is 2. The van der Waals surface area contributed by atoms with Gasteiger partial charge in [0, 0.05) is 23.3 Å². The summed E-state index contributed by atoms with van der Waals surface area (Å²) in [5.41, 5.74) is -0.387. The van der Waals surface area contributed by atoms with E-state index in [1.807, 2.05) is 0 Å². The number of ether oxygens (including phenoxy) is 2. The molecule has 8 nitrogen and oxygen atoms in total. The van der Waals surface area contributed by atoms with Crippen LogP contribution in [0.4, 0.5) is 4.39 Å². The number of nitrogens with zero attached hydrogens (tertiary/aromatic N) is 1. The van der Waals surface area contributed by atoms with Crippen LogP contribution in [0.3, 0.4) is 0 Å². The second-order valence-electron chi connectivity index (χ2n) is 8.11. The minimum atomic E-state index is -0.621. The summed E-state index contributed by atoms with van der Waals surface area (Å²) in [6.07, 6.45) is 3.15. The molecule has 10 heteroatoms. The Morgan fingerprint density at radius 1 is 1.12 bits per heavy atom. The lowest BCUT2D eigenvalue weighted by Gasteiger charge is -2.70. The Balaban J connectivity index is 1.25. The van der Waals surface area contributed by atoms with Crippen molar-refractivity contribution in [3.8, 4) is 5.75 Å². The van der Waals surface area contributed by atoms with Crippen molar-refractivity contribution in [2.24, 2.45) is 0 Å². The van der Waals surface area contributed by atoms with E-state index in [1.165, 1.54) is 30.5 Å². The maximum atomic E-state index is 13.4. The summed E-state index contributed by atoms with van der Waals surface area (Å²) in [4.78, 5) is 40.7. The molecule has 3 aliphatic carbocycles. The van der Waals surface area contributed by atoms with Crippen molar-refractivity contribution >= 4 is 29.4 Å². The molecule has 0 aliphatic heterocycles. The first-order valence-electron chi connectivity index (χ1n) is 10.1. The maximum absolute atomic E-state index is 13.4. The third-order valence-electron chi connectivity index (χ3n) is 5.58. The van der Waals surface area contributed by atoms with Crippen molar-refractivity contribution < 1.29 is 28.2 Å². The van der Waals surface area contributed by atoms with E-state index in [0.717, 1.165) is 6.07 Å². The van der Waals surface area contributed by atoms with E-state index >= 15 is 0 Å². The van der Waals surface area contributed by atoms with Crippen LogP contribution >= 0.6 is 11.6 Å². The third kappa shape index (κ3) is 4.38. The van der Waals surface area contributed by atoms with Crippen LogP contribution in [-0.4, -0.2) is 47.1 Å². The SMILES string of the molecule is CCOC(=O)c1ccnc(C(=O)NC23CC(NC(=O)COc4ccc(Cl)c(F)c4)(C2)C3)c1. The molecule has 1 heterocycles. The van der Waals surface area contributed by atoms with Gasteiger partial charge < -0.3 is 20.1 Å². The summed E-state index contributed by atoms with van der Waals surface area (Å²) in [6, 6.07) is 6.84. The monoisotopic (exact) mass is 461 g/mol. The van der Waals surface area contributed by atoms with Crippen molar-refractivity contribution in [1.82, 2.24) is 15.6 Å². The van der Waals surface area contributed by atoms with Gasteiger partial charge >= 0.3 is 5.97 Å². The Morgan fingerprint density at radius 2 is 1.84 bits per heavy atom. The van der Waals surface area contributed by atoms with Crippen LogP contribution < -0.4 is 15.4 Å². The van der Waals surface area contributed by atoms with Gasteiger partial charge in [0.1, 0.15) is 17.3 Å². The number of pyridine rings is 1. The minimum absolute atomic E-state index is 0.0224. The standard InChI is InChI=1S/C22H21ClFN3O5/c1-2-31-20(30)13-5-6-25-17(7-13)19(29)27-22-10-21(11-22,12-22)26-18(28)9-32-14-3-4-15(23)16(24)8-14/h3-8H,2,9-12H2,1H3,(H,26,28)(H,27,29). The molecule has 3 fully saturated rings. The molecule has 2 bridgehead atoms. The molecule has 0 atom stereocenters. The number of carbonyl (C=O) groups is 3. The molecule has 3 saturated carbocycles. The summed E-state index contributed by atoms with van der Waals surface area (Å²) in [5, 5.41) is 5.85. The highest BCUT2D eigenvalue weighted by molar-refractivity contribution is 6.30. The third-order valence-corrected chi connectivity index (χ3v) is 5.88. The van der Waals surface area contributed by atoms with Gasteiger partial charge in [0.2, 0.25) is 0 Å². The second-order valence-corrected chi connectivity index (χ2v) is 8.52. The molecule has 0 spiro atoms. The second kappa shape index (κ2) is 8.38. The molecule has 5 rings (SSSR count). The predicted molar refractivity (Wildman–Crippen MR) is 112 cm³/mol. The zero-order chi connectivity index (χ0) is 22.9. The van der Waals surface area contributed by atoms with Crippen LogP contribution in [0, 0.1) is 5.82 Å². The number of nitrogens with one attached hydrogen (secondary N) is 2. The topological polar surface area (TPSA) is 107 Å². The van der Waals surface area contributed by atoms with E-state index < -0.39 is 17.3 Å².